The number of nitrogens with zero attached hydrogens (tertiary/aromatic N) is 3. The van der Waals surface area contributed by atoms with Crippen LogP contribution in [0.15, 0.2) is 65.0 Å². The summed E-state index contributed by atoms with van der Waals surface area (Å²) in [6.45, 7) is 3.95. The van der Waals surface area contributed by atoms with Gasteiger partial charge in [-0.15, -0.1) is 0 Å². The van der Waals surface area contributed by atoms with E-state index in [0.29, 0.717) is 17.2 Å². The van der Waals surface area contributed by atoms with Crippen molar-refractivity contribution in [3.05, 3.63) is 71.1 Å². The number of hydrogen-bond donors (Lipinski definition) is 2. The van der Waals surface area contributed by atoms with Gasteiger partial charge < -0.3 is 19.6 Å². The Bertz CT molecular complexity index is 954. The maximum absolute atomic E-state index is 9.92. The minimum atomic E-state index is -0.278. The quantitative estimate of drug-likeness (QED) is 0.630. The minimum absolute atomic E-state index is 0.122. The number of aliphatic imine (C=N–C) groups is 1. The fraction of sp³-hybridized carbons (Fsp3) is 0.273. The molecule has 0 radical (unpaired) electrons. The van der Waals surface area contributed by atoms with E-state index in [1.807, 2.05) is 36.4 Å². The van der Waals surface area contributed by atoms with Crippen molar-refractivity contribution in [1.29, 1.82) is 5.26 Å². The molecule has 4 rings (SSSR count). The van der Waals surface area contributed by atoms with E-state index < -0.39 is 0 Å². The highest BCUT2D eigenvalue weighted by Crippen LogP contribution is 2.44. The lowest BCUT2D eigenvalue weighted by atomic mass is 9.83. The predicted octanol–water partition coefficient (Wildman–Crippen LogP) is 1.51. The number of rotatable bonds is 3. The van der Waals surface area contributed by atoms with E-state index in [1.165, 1.54) is 4.90 Å². The summed E-state index contributed by atoms with van der Waals surface area (Å²) in [5.74, 6) is 0.666. The number of allylic oxidation sites excluding steroid dienone is 1. The topological polar surface area (TPSA) is 73.3 Å². The summed E-state index contributed by atoms with van der Waals surface area (Å²) < 4.78 is 5.95. The van der Waals surface area contributed by atoms with Gasteiger partial charge >= 0.3 is 0 Å². The predicted molar refractivity (Wildman–Crippen MR) is 106 cm³/mol. The fourth-order valence-electron chi connectivity index (χ4n) is 3.64. The van der Waals surface area contributed by atoms with Crippen molar-refractivity contribution in [3.63, 3.8) is 0 Å². The molecule has 1 atom stereocenters. The first-order valence-corrected chi connectivity index (χ1v) is 9.45. The molecule has 0 unspecified atom stereocenters. The van der Waals surface area contributed by atoms with Crippen molar-refractivity contribution < 1.29 is 14.7 Å². The lowest BCUT2D eigenvalue weighted by Gasteiger charge is -2.29. The van der Waals surface area contributed by atoms with E-state index in [1.54, 1.807) is 18.5 Å². The van der Waals surface area contributed by atoms with Gasteiger partial charge in [-0.25, -0.2) is 4.99 Å². The van der Waals surface area contributed by atoms with Crippen LogP contribution in [0.4, 0.5) is 0 Å². The van der Waals surface area contributed by atoms with Crippen LogP contribution >= 0.6 is 0 Å². The van der Waals surface area contributed by atoms with E-state index >= 15 is 0 Å². The van der Waals surface area contributed by atoms with Crippen LogP contribution in [0.5, 0.6) is 11.5 Å². The molecule has 2 aromatic carbocycles. The number of phenolic OH excluding ortho intramolecular Hbond substituents is 1. The van der Waals surface area contributed by atoms with Gasteiger partial charge in [-0.2, -0.15) is 5.26 Å². The number of ether oxygens (including phenoxy) is 1. The third kappa shape index (κ3) is 3.57. The molecule has 6 heteroatoms. The zero-order chi connectivity index (χ0) is 19.5. The highest BCUT2D eigenvalue weighted by Gasteiger charge is 2.31. The van der Waals surface area contributed by atoms with E-state index in [2.05, 4.69) is 23.0 Å². The van der Waals surface area contributed by atoms with Crippen LogP contribution in [-0.4, -0.2) is 49.6 Å². The van der Waals surface area contributed by atoms with E-state index in [9.17, 15) is 10.4 Å². The Labute approximate surface area is 164 Å². The number of fused-ring (bicyclic) bond motifs is 1. The van der Waals surface area contributed by atoms with Crippen LogP contribution in [0, 0.1) is 11.3 Å². The number of likely N-dealkylation sites (N-methyl/N-ethyl adjacent to an activating group) is 1. The van der Waals surface area contributed by atoms with Gasteiger partial charge in [-0.05, 0) is 11.6 Å². The summed E-state index contributed by atoms with van der Waals surface area (Å²) in [7, 11) is 2.18. The second-order valence-corrected chi connectivity index (χ2v) is 7.24. The molecule has 0 saturated carbocycles. The molecule has 2 heterocycles. The van der Waals surface area contributed by atoms with Crippen molar-refractivity contribution in [2.75, 3.05) is 33.2 Å². The standard InChI is InChI=1S/C22H22N4O2/c1-25-9-11-26(12-10-25)15-24-22-19(14-23)21(16-5-3-2-4-6-16)18-8-7-17(27)13-20(18)28-22/h2-8,13,15,21,27H,9-12H2,1H3/p+1/t21-/m0/s1. The van der Waals surface area contributed by atoms with Crippen molar-refractivity contribution in [3.8, 4) is 17.6 Å². The normalized spacial score (nSPS) is 20.0. The van der Waals surface area contributed by atoms with Crippen LogP contribution in [0.2, 0.25) is 0 Å². The lowest BCUT2D eigenvalue weighted by molar-refractivity contribution is -0.883. The van der Waals surface area contributed by atoms with Crippen LogP contribution in [-0.2, 0) is 0 Å². The molecule has 0 aromatic heterocycles. The SMILES string of the molecule is C[NH+]1CCN(C=NC2=C(C#N)[C@@H](c3ccccc3)c3ccc(O)cc3O2)CC1. The highest BCUT2D eigenvalue weighted by atomic mass is 16.5. The maximum atomic E-state index is 9.92. The number of nitrogens with one attached hydrogen (secondary N) is 1. The molecule has 28 heavy (non-hydrogen) atoms. The number of hydrogen-bond acceptors (Lipinski definition) is 4. The molecular formula is C22H23N4O2+. The Balaban J connectivity index is 1.74. The summed E-state index contributed by atoms with van der Waals surface area (Å²) in [4.78, 5) is 8.18. The monoisotopic (exact) mass is 375 g/mol. The molecule has 6 nitrogen and oxygen atoms in total. The number of benzene rings is 2. The average molecular weight is 375 g/mol. The zero-order valence-electron chi connectivity index (χ0n) is 15.8. The Kier molecular flexibility index (Phi) is 5.00. The van der Waals surface area contributed by atoms with Crippen LogP contribution in [0.3, 0.4) is 0 Å². The number of piperazine rings is 1. The van der Waals surface area contributed by atoms with Crippen LogP contribution in [0.25, 0.3) is 0 Å². The largest absolute Gasteiger partial charge is 0.508 e. The number of aromatic hydroxyl groups is 1. The van der Waals surface area contributed by atoms with Crippen molar-refractivity contribution >= 4 is 6.34 Å². The molecule has 142 valence electrons. The first-order valence-electron chi connectivity index (χ1n) is 9.45. The van der Waals surface area contributed by atoms with Gasteiger partial charge in [0.2, 0.25) is 5.88 Å². The van der Waals surface area contributed by atoms with Gasteiger partial charge in [0.25, 0.3) is 0 Å². The van der Waals surface area contributed by atoms with Crippen molar-refractivity contribution in [2.24, 2.45) is 4.99 Å². The Morgan fingerprint density at radius 1 is 1.21 bits per heavy atom. The molecular weight excluding hydrogens is 352 g/mol. The molecule has 2 aromatic rings. The Morgan fingerprint density at radius 3 is 2.68 bits per heavy atom. The molecule has 2 aliphatic heterocycles. The molecule has 0 amide bonds. The van der Waals surface area contributed by atoms with Gasteiger partial charge in [-0.1, -0.05) is 36.4 Å². The number of nitriles is 1. The minimum Gasteiger partial charge on any atom is -0.508 e. The van der Waals surface area contributed by atoms with Gasteiger partial charge in [0, 0.05) is 11.6 Å². The third-order valence-electron chi connectivity index (χ3n) is 5.28. The lowest BCUT2D eigenvalue weighted by Crippen LogP contribution is -3.11. The summed E-state index contributed by atoms with van der Waals surface area (Å²) >= 11 is 0. The molecule has 0 spiro atoms. The first-order chi connectivity index (χ1) is 13.7. The van der Waals surface area contributed by atoms with Gasteiger partial charge in [0.05, 0.1) is 45.5 Å². The van der Waals surface area contributed by atoms with Crippen LogP contribution < -0.4 is 9.64 Å². The summed E-state index contributed by atoms with van der Waals surface area (Å²) in [5, 5.41) is 19.8. The summed E-state index contributed by atoms with van der Waals surface area (Å²) in [6.07, 6.45) is 1.77. The maximum Gasteiger partial charge on any atom is 0.235 e. The van der Waals surface area contributed by atoms with Gasteiger partial charge in [0.1, 0.15) is 23.1 Å². The molecule has 0 aliphatic carbocycles. The smallest absolute Gasteiger partial charge is 0.235 e. The van der Waals surface area contributed by atoms with Crippen molar-refractivity contribution in [2.45, 2.75) is 5.92 Å². The molecule has 1 saturated heterocycles. The van der Waals surface area contributed by atoms with E-state index in [0.717, 1.165) is 37.3 Å². The summed E-state index contributed by atoms with van der Waals surface area (Å²) in [6, 6.07) is 17.2. The Morgan fingerprint density at radius 2 is 1.96 bits per heavy atom. The van der Waals surface area contributed by atoms with Gasteiger partial charge in [0.15, 0.2) is 0 Å². The second-order valence-electron chi connectivity index (χ2n) is 7.24. The molecule has 0 bridgehead atoms. The number of quaternary nitrogens is 1. The van der Waals surface area contributed by atoms with E-state index in [4.69, 9.17) is 4.74 Å². The van der Waals surface area contributed by atoms with E-state index in [-0.39, 0.29) is 11.7 Å². The zero-order valence-corrected chi connectivity index (χ0v) is 15.8. The fourth-order valence-corrected chi connectivity index (χ4v) is 3.64. The second kappa shape index (κ2) is 7.75. The average Bonchev–Trinajstić information content (AvgIpc) is 2.72. The Hall–Kier alpha value is -3.30. The third-order valence-corrected chi connectivity index (χ3v) is 5.28. The molecule has 1 fully saturated rings. The first kappa shape index (κ1) is 18.1. The molecule has 2 aliphatic rings. The summed E-state index contributed by atoms with van der Waals surface area (Å²) in [5.41, 5.74) is 2.31. The van der Waals surface area contributed by atoms with Gasteiger partial charge in [-0.3, -0.25) is 0 Å². The number of phenols is 1. The van der Waals surface area contributed by atoms with Crippen LogP contribution in [0.1, 0.15) is 17.0 Å². The van der Waals surface area contributed by atoms with Crippen molar-refractivity contribution in [1.82, 2.24) is 4.90 Å². The highest BCUT2D eigenvalue weighted by molar-refractivity contribution is 5.61. The molecule has 2 N–H and O–H groups in total.